The third-order valence-electron chi connectivity index (χ3n) is 3.69. The van der Waals surface area contributed by atoms with Gasteiger partial charge in [-0.05, 0) is 26.2 Å². The molecule has 0 saturated carbocycles. The molecular formula is C16H26ClN5O2. The van der Waals surface area contributed by atoms with E-state index in [0.29, 0.717) is 24.1 Å². The topological polar surface area (TPSA) is 99.0 Å². The average molecular weight is 356 g/mol. The minimum atomic E-state index is -0.467. The minimum absolute atomic E-state index is 0. The molecule has 0 bridgehead atoms. The number of nitrogens with two attached hydrogens (primary N) is 1. The van der Waals surface area contributed by atoms with Crippen LogP contribution >= 0.6 is 12.4 Å². The first kappa shape index (κ1) is 20.2. The number of carbonyl (C=O) groups excluding carboxylic acids is 1. The Labute approximate surface area is 148 Å². The molecule has 8 heteroatoms. The maximum absolute atomic E-state index is 12.6. The van der Waals surface area contributed by atoms with Crippen LogP contribution < -0.4 is 11.1 Å². The lowest BCUT2D eigenvalue weighted by molar-refractivity contribution is 0.0892. The van der Waals surface area contributed by atoms with Crippen LogP contribution in [0.15, 0.2) is 16.8 Å². The van der Waals surface area contributed by atoms with E-state index < -0.39 is 5.54 Å². The molecule has 1 atom stereocenters. The van der Waals surface area contributed by atoms with E-state index in [1.165, 1.54) is 0 Å². The van der Waals surface area contributed by atoms with Crippen LogP contribution in [-0.4, -0.2) is 32.8 Å². The van der Waals surface area contributed by atoms with Gasteiger partial charge in [0.25, 0.3) is 5.91 Å². The van der Waals surface area contributed by atoms with Crippen molar-refractivity contribution >= 4 is 18.3 Å². The molecule has 1 amide bonds. The summed E-state index contributed by atoms with van der Waals surface area (Å²) in [4.78, 5) is 16.9. The summed E-state index contributed by atoms with van der Waals surface area (Å²) >= 11 is 0. The molecule has 0 radical (unpaired) electrons. The number of amides is 1. The Hall–Kier alpha value is -1.86. The van der Waals surface area contributed by atoms with Gasteiger partial charge in [-0.1, -0.05) is 13.8 Å². The van der Waals surface area contributed by atoms with Gasteiger partial charge in [0.15, 0.2) is 5.69 Å². The monoisotopic (exact) mass is 355 g/mol. The SMILES string of the molecule is Cc1oc(-c2cnn(C)c2)nc1C(=O)NC(C)(CN)CC(C)C.Cl. The lowest BCUT2D eigenvalue weighted by atomic mass is 9.90. The van der Waals surface area contributed by atoms with Crippen LogP contribution in [0.4, 0.5) is 0 Å². The van der Waals surface area contributed by atoms with Crippen molar-refractivity contribution in [3.05, 3.63) is 23.8 Å². The number of nitrogens with zero attached hydrogens (tertiary/aromatic N) is 3. The Balaban J connectivity index is 0.00000288. The highest BCUT2D eigenvalue weighted by Gasteiger charge is 2.29. The number of halogens is 1. The molecule has 0 fully saturated rings. The quantitative estimate of drug-likeness (QED) is 0.828. The van der Waals surface area contributed by atoms with Gasteiger partial charge in [-0.3, -0.25) is 9.48 Å². The second-order valence-corrected chi connectivity index (χ2v) is 6.64. The molecule has 0 saturated heterocycles. The maximum atomic E-state index is 12.6. The van der Waals surface area contributed by atoms with Gasteiger partial charge in [0.05, 0.1) is 17.3 Å². The zero-order valence-electron chi connectivity index (χ0n) is 14.8. The average Bonchev–Trinajstić information content (AvgIpc) is 3.03. The second kappa shape index (κ2) is 7.81. The van der Waals surface area contributed by atoms with Crippen molar-refractivity contribution in [3.63, 3.8) is 0 Å². The molecule has 0 aromatic carbocycles. The van der Waals surface area contributed by atoms with Crippen LogP contribution in [0, 0.1) is 12.8 Å². The van der Waals surface area contributed by atoms with Gasteiger partial charge in [-0.25, -0.2) is 4.98 Å². The zero-order chi connectivity index (χ0) is 17.2. The van der Waals surface area contributed by atoms with Gasteiger partial charge in [-0.15, -0.1) is 12.4 Å². The number of carbonyl (C=O) groups is 1. The molecule has 24 heavy (non-hydrogen) atoms. The number of aryl methyl sites for hydroxylation is 2. The molecule has 1 unspecified atom stereocenters. The highest BCUT2D eigenvalue weighted by atomic mass is 35.5. The Morgan fingerprint density at radius 3 is 2.67 bits per heavy atom. The number of hydrogen-bond acceptors (Lipinski definition) is 5. The molecule has 2 aromatic rings. The summed E-state index contributed by atoms with van der Waals surface area (Å²) in [7, 11) is 1.81. The number of rotatable bonds is 6. The van der Waals surface area contributed by atoms with Crippen LogP contribution in [0.25, 0.3) is 11.5 Å². The molecular weight excluding hydrogens is 330 g/mol. The first-order chi connectivity index (χ1) is 10.7. The van der Waals surface area contributed by atoms with E-state index in [4.69, 9.17) is 10.2 Å². The number of aromatic nitrogens is 3. The van der Waals surface area contributed by atoms with E-state index in [2.05, 4.69) is 29.2 Å². The van der Waals surface area contributed by atoms with Gasteiger partial charge < -0.3 is 15.5 Å². The largest absolute Gasteiger partial charge is 0.440 e. The van der Waals surface area contributed by atoms with Crippen molar-refractivity contribution in [3.8, 4) is 11.5 Å². The van der Waals surface area contributed by atoms with Gasteiger partial charge in [0.2, 0.25) is 5.89 Å². The number of nitrogens with one attached hydrogen (secondary N) is 1. The van der Waals surface area contributed by atoms with E-state index in [9.17, 15) is 4.79 Å². The fraction of sp³-hybridized carbons (Fsp3) is 0.562. The molecule has 7 nitrogen and oxygen atoms in total. The van der Waals surface area contributed by atoms with E-state index in [-0.39, 0.29) is 24.0 Å². The van der Waals surface area contributed by atoms with Gasteiger partial charge >= 0.3 is 0 Å². The van der Waals surface area contributed by atoms with Crippen LogP contribution in [0.1, 0.15) is 43.4 Å². The summed E-state index contributed by atoms with van der Waals surface area (Å²) in [5.41, 5.74) is 6.40. The summed E-state index contributed by atoms with van der Waals surface area (Å²) in [6.45, 7) is 8.24. The molecule has 0 aliphatic rings. The second-order valence-electron chi connectivity index (χ2n) is 6.64. The third kappa shape index (κ3) is 4.58. The summed E-state index contributed by atoms with van der Waals surface area (Å²) in [6.07, 6.45) is 4.23. The Bertz CT molecular complexity index is 694. The zero-order valence-corrected chi connectivity index (χ0v) is 15.6. The predicted octanol–water partition coefficient (Wildman–Crippen LogP) is 2.30. The fourth-order valence-electron chi connectivity index (χ4n) is 2.68. The molecule has 0 spiro atoms. The Morgan fingerprint density at radius 1 is 1.50 bits per heavy atom. The fourth-order valence-corrected chi connectivity index (χ4v) is 2.68. The predicted molar refractivity (Wildman–Crippen MR) is 95.1 cm³/mol. The Morgan fingerprint density at radius 2 is 2.17 bits per heavy atom. The number of hydrogen-bond donors (Lipinski definition) is 2. The molecule has 134 valence electrons. The molecule has 2 rings (SSSR count). The maximum Gasteiger partial charge on any atom is 0.274 e. The minimum Gasteiger partial charge on any atom is -0.440 e. The van der Waals surface area contributed by atoms with Crippen molar-refractivity contribution in [1.82, 2.24) is 20.1 Å². The third-order valence-corrected chi connectivity index (χ3v) is 3.69. The highest BCUT2D eigenvalue weighted by Crippen LogP contribution is 2.22. The normalized spacial score (nSPS) is 13.5. The summed E-state index contributed by atoms with van der Waals surface area (Å²) in [5.74, 6) is 1.02. The van der Waals surface area contributed by atoms with Crippen LogP contribution in [0.2, 0.25) is 0 Å². The van der Waals surface area contributed by atoms with Crippen LogP contribution in [-0.2, 0) is 7.05 Å². The van der Waals surface area contributed by atoms with Gasteiger partial charge in [0.1, 0.15) is 5.76 Å². The first-order valence-electron chi connectivity index (χ1n) is 7.73. The van der Waals surface area contributed by atoms with Crippen molar-refractivity contribution in [1.29, 1.82) is 0 Å². The standard InChI is InChI=1S/C16H25N5O2.ClH/c1-10(2)6-16(4,9-17)20-14(22)13-11(3)23-15(19-13)12-7-18-21(5)8-12;/h7-8,10H,6,9,17H2,1-5H3,(H,20,22);1H. The van der Waals surface area contributed by atoms with Crippen LogP contribution in [0.3, 0.4) is 0 Å². The van der Waals surface area contributed by atoms with Crippen molar-refractivity contribution < 1.29 is 9.21 Å². The summed E-state index contributed by atoms with van der Waals surface area (Å²) in [6, 6.07) is 0. The Kier molecular flexibility index (Phi) is 6.57. The number of oxazole rings is 1. The molecule has 0 aliphatic carbocycles. The van der Waals surface area contributed by atoms with Gasteiger partial charge in [-0.2, -0.15) is 5.10 Å². The smallest absolute Gasteiger partial charge is 0.274 e. The van der Waals surface area contributed by atoms with E-state index in [1.54, 1.807) is 24.0 Å². The van der Waals surface area contributed by atoms with Crippen molar-refractivity contribution in [2.24, 2.45) is 18.7 Å². The molecule has 0 aliphatic heterocycles. The summed E-state index contributed by atoms with van der Waals surface area (Å²) in [5, 5.41) is 7.08. The van der Waals surface area contributed by atoms with Crippen molar-refractivity contribution in [2.45, 2.75) is 39.7 Å². The molecule has 3 N–H and O–H groups in total. The first-order valence-corrected chi connectivity index (χ1v) is 7.73. The van der Waals surface area contributed by atoms with E-state index in [1.807, 2.05) is 14.0 Å². The van der Waals surface area contributed by atoms with Crippen LogP contribution in [0.5, 0.6) is 0 Å². The lowest BCUT2D eigenvalue weighted by Gasteiger charge is -2.30. The van der Waals surface area contributed by atoms with E-state index >= 15 is 0 Å². The van der Waals surface area contributed by atoms with Gasteiger partial charge in [0, 0.05) is 19.8 Å². The molecule has 2 aromatic heterocycles. The van der Waals surface area contributed by atoms with E-state index in [0.717, 1.165) is 12.0 Å². The van der Waals surface area contributed by atoms with Crippen molar-refractivity contribution in [2.75, 3.05) is 6.54 Å². The summed E-state index contributed by atoms with van der Waals surface area (Å²) < 4.78 is 7.26. The highest BCUT2D eigenvalue weighted by molar-refractivity contribution is 5.94. The molecule has 2 heterocycles. The lowest BCUT2D eigenvalue weighted by Crippen LogP contribution is -2.52.